The van der Waals surface area contributed by atoms with E-state index in [0.29, 0.717) is 4.90 Å². The van der Waals surface area contributed by atoms with Gasteiger partial charge >= 0.3 is 0 Å². The van der Waals surface area contributed by atoms with Gasteiger partial charge in [-0.2, -0.15) is 0 Å². The van der Waals surface area contributed by atoms with E-state index in [1.165, 1.54) is 23.4 Å². The van der Waals surface area contributed by atoms with Crippen molar-refractivity contribution < 1.29 is 4.92 Å². The average Bonchev–Trinajstić information content (AvgIpc) is 3.06. The molecule has 0 aliphatic heterocycles. The molecule has 0 saturated carbocycles. The van der Waals surface area contributed by atoms with Gasteiger partial charge in [-0.05, 0) is 28.9 Å². The lowest BCUT2D eigenvalue weighted by Gasteiger charge is -2.09. The highest BCUT2D eigenvalue weighted by atomic mass is 32.2. The van der Waals surface area contributed by atoms with Crippen LogP contribution in [0.5, 0.6) is 0 Å². The van der Waals surface area contributed by atoms with Gasteiger partial charge in [-0.15, -0.1) is 14.7 Å². The molecule has 110 valence electrons. The van der Waals surface area contributed by atoms with Gasteiger partial charge in [-0.1, -0.05) is 30.3 Å². The van der Waals surface area contributed by atoms with Gasteiger partial charge in [0, 0.05) is 11.0 Å². The van der Waals surface area contributed by atoms with Gasteiger partial charge in [0.1, 0.15) is 17.6 Å². The number of nitro groups is 1. The van der Waals surface area contributed by atoms with Crippen molar-refractivity contribution in [3.8, 4) is 0 Å². The third kappa shape index (κ3) is 2.91. The Hall–Kier alpha value is -2.87. The molecule has 2 aromatic carbocycles. The van der Waals surface area contributed by atoms with Crippen molar-refractivity contribution in [2.24, 2.45) is 4.47 Å². The van der Waals surface area contributed by atoms with E-state index < -0.39 is 10.7 Å². The van der Waals surface area contributed by atoms with E-state index in [2.05, 4.69) is 14.7 Å². The summed E-state index contributed by atoms with van der Waals surface area (Å²) in [5.74, 6) is 0. The van der Waals surface area contributed by atoms with E-state index in [-0.39, 0.29) is 10.6 Å². The lowest BCUT2D eigenvalue weighted by atomic mass is 10.3. The summed E-state index contributed by atoms with van der Waals surface area (Å²) in [4.78, 5) is 12.3. The van der Waals surface area contributed by atoms with E-state index in [9.17, 15) is 10.1 Å². The van der Waals surface area contributed by atoms with E-state index in [1.54, 1.807) is 18.2 Å². The minimum atomic E-state index is -0.846. The van der Waals surface area contributed by atoms with Crippen LogP contribution in [0, 0.1) is 10.1 Å². The molecule has 3 aromatic rings. The molecule has 22 heavy (non-hydrogen) atoms. The second-order valence-electron chi connectivity index (χ2n) is 4.25. The van der Waals surface area contributed by atoms with Crippen molar-refractivity contribution in [1.82, 2.24) is 14.9 Å². The molecule has 1 atom stereocenters. The summed E-state index contributed by atoms with van der Waals surface area (Å²) in [6, 6.07) is 16.1. The number of aromatic nitrogens is 3. The quantitative estimate of drug-likeness (QED) is 0.547. The van der Waals surface area contributed by atoms with Crippen molar-refractivity contribution in [3.05, 3.63) is 77.4 Å². The minimum absolute atomic E-state index is 0.0477. The molecule has 1 heterocycles. The number of nitro benzene ring substituents is 1. The molecule has 8 heteroatoms. The molecule has 0 amide bonds. The Kier molecular flexibility index (Phi) is 4.01. The maximum Gasteiger partial charge on any atom is 0.284 e. The Morgan fingerprint density at radius 3 is 2.32 bits per heavy atom. The van der Waals surface area contributed by atoms with Crippen LogP contribution in [0.15, 0.2) is 81.5 Å². The van der Waals surface area contributed by atoms with Crippen LogP contribution in [-0.4, -0.2) is 19.8 Å². The molecule has 0 aliphatic carbocycles. The Balaban J connectivity index is 2.21. The number of benzene rings is 2. The van der Waals surface area contributed by atoms with E-state index >= 15 is 0 Å². The van der Waals surface area contributed by atoms with Crippen LogP contribution in [0.1, 0.15) is 0 Å². The highest BCUT2D eigenvalue weighted by Crippen LogP contribution is 2.27. The highest BCUT2D eigenvalue weighted by molar-refractivity contribution is 7.87. The van der Waals surface area contributed by atoms with E-state index in [1.807, 2.05) is 30.3 Å². The van der Waals surface area contributed by atoms with E-state index in [4.69, 9.17) is 0 Å². The Morgan fingerprint density at radius 2 is 1.64 bits per heavy atom. The van der Waals surface area contributed by atoms with Crippen molar-refractivity contribution in [1.29, 1.82) is 0 Å². The highest BCUT2D eigenvalue weighted by Gasteiger charge is 2.18. The first kappa shape index (κ1) is 14.1. The van der Waals surface area contributed by atoms with Crippen LogP contribution in [0.2, 0.25) is 0 Å². The largest absolute Gasteiger partial charge is 0.284 e. The van der Waals surface area contributed by atoms with Crippen molar-refractivity contribution >= 4 is 16.4 Å². The number of rotatable bonds is 4. The van der Waals surface area contributed by atoms with E-state index in [0.717, 1.165) is 4.90 Å². The minimum Gasteiger partial charge on any atom is -0.258 e. The average molecular weight is 313 g/mol. The zero-order valence-corrected chi connectivity index (χ0v) is 12.1. The first-order chi connectivity index (χ1) is 10.8. The van der Waals surface area contributed by atoms with Crippen molar-refractivity contribution in [3.63, 3.8) is 0 Å². The Morgan fingerprint density at radius 1 is 1.00 bits per heavy atom. The molecule has 3 rings (SSSR count). The van der Waals surface area contributed by atoms with Crippen LogP contribution in [0.4, 0.5) is 5.69 Å². The molecule has 7 nitrogen and oxygen atoms in total. The predicted molar refractivity (Wildman–Crippen MR) is 81.3 cm³/mol. The van der Waals surface area contributed by atoms with Crippen LogP contribution in [0.3, 0.4) is 0 Å². The molecular formula is C14H11N5O2S. The lowest BCUT2D eigenvalue weighted by Crippen LogP contribution is -2.01. The third-order valence-corrected chi connectivity index (χ3v) is 4.65. The second-order valence-corrected chi connectivity index (χ2v) is 5.89. The van der Waals surface area contributed by atoms with Gasteiger partial charge in [-0.25, -0.2) is 4.68 Å². The molecule has 0 radical (unpaired) electrons. The predicted octanol–water partition coefficient (Wildman–Crippen LogP) is 2.87. The van der Waals surface area contributed by atoms with Gasteiger partial charge in [0.25, 0.3) is 5.69 Å². The SMILES string of the molecule is O=[N+]([O-])c1ccccc1/S(=N/n1cnnc1)c1ccccc1. The number of nitrogens with zero attached hydrogens (tertiary/aromatic N) is 5. The maximum atomic E-state index is 11.3. The number of para-hydroxylation sites is 1. The Bertz CT molecular complexity index is 818. The van der Waals surface area contributed by atoms with Gasteiger partial charge in [0.15, 0.2) is 0 Å². The maximum absolute atomic E-state index is 11.3. The van der Waals surface area contributed by atoms with Gasteiger partial charge < -0.3 is 0 Å². The van der Waals surface area contributed by atoms with Crippen LogP contribution in [0.25, 0.3) is 0 Å². The summed E-state index contributed by atoms with van der Waals surface area (Å²) in [6.45, 7) is 0. The molecule has 0 fully saturated rings. The summed E-state index contributed by atoms with van der Waals surface area (Å²) in [5, 5.41) is 18.7. The first-order valence-electron chi connectivity index (χ1n) is 6.35. The van der Waals surface area contributed by atoms with Crippen LogP contribution >= 0.6 is 0 Å². The lowest BCUT2D eigenvalue weighted by molar-refractivity contribution is -0.387. The molecule has 0 spiro atoms. The fourth-order valence-corrected chi connectivity index (χ4v) is 3.54. The summed E-state index contributed by atoms with van der Waals surface area (Å²) < 4.78 is 5.98. The van der Waals surface area contributed by atoms with Gasteiger partial charge in [0.05, 0.1) is 4.92 Å². The fourth-order valence-electron chi connectivity index (χ4n) is 1.87. The number of hydrogen-bond donors (Lipinski definition) is 0. The summed E-state index contributed by atoms with van der Waals surface area (Å²) in [5.41, 5.74) is 0.0477. The standard InChI is InChI=1S/C14H11N5O2S/c20-19(21)13-8-4-5-9-14(13)22(12-6-2-1-3-7-12)17-18-10-15-16-11-18/h1-11H. The third-order valence-electron chi connectivity index (χ3n) is 2.82. The summed E-state index contributed by atoms with van der Waals surface area (Å²) >= 11 is 0. The van der Waals surface area contributed by atoms with Gasteiger partial charge in [0.2, 0.25) is 0 Å². The van der Waals surface area contributed by atoms with Crippen molar-refractivity contribution in [2.45, 2.75) is 9.79 Å². The molecule has 0 saturated heterocycles. The normalized spacial score (nSPS) is 12.2. The van der Waals surface area contributed by atoms with Gasteiger partial charge in [-0.3, -0.25) is 10.1 Å². The topological polar surface area (TPSA) is 86.2 Å². The molecule has 0 bridgehead atoms. The number of hydrogen-bond acceptors (Lipinski definition) is 5. The molecular weight excluding hydrogens is 302 g/mol. The first-order valence-corrected chi connectivity index (χ1v) is 7.53. The second kappa shape index (κ2) is 6.27. The van der Waals surface area contributed by atoms with Crippen molar-refractivity contribution in [2.75, 3.05) is 0 Å². The molecule has 1 aromatic heterocycles. The smallest absolute Gasteiger partial charge is 0.258 e. The monoisotopic (exact) mass is 313 g/mol. The summed E-state index contributed by atoms with van der Waals surface area (Å²) in [7, 11) is -0.846. The van der Waals surface area contributed by atoms with Crippen LogP contribution in [-0.2, 0) is 10.7 Å². The molecule has 0 N–H and O–H groups in total. The Labute approximate surface area is 128 Å². The fraction of sp³-hybridized carbons (Fsp3) is 0. The summed E-state index contributed by atoms with van der Waals surface area (Å²) in [6.07, 6.45) is 2.91. The zero-order valence-electron chi connectivity index (χ0n) is 11.3. The molecule has 0 aliphatic rings. The zero-order chi connectivity index (χ0) is 15.4. The van der Waals surface area contributed by atoms with Crippen LogP contribution < -0.4 is 0 Å². The molecule has 1 unspecified atom stereocenters.